The topological polar surface area (TPSA) is 61.0 Å². The fourth-order valence-electron chi connectivity index (χ4n) is 2.25. The van der Waals surface area contributed by atoms with Crippen LogP contribution in [0.5, 0.6) is 0 Å². The summed E-state index contributed by atoms with van der Waals surface area (Å²) in [6.45, 7) is 0.725. The van der Waals surface area contributed by atoms with Gasteiger partial charge in [0.25, 0.3) is 0 Å². The van der Waals surface area contributed by atoms with Crippen LogP contribution >= 0.6 is 0 Å². The Labute approximate surface area is 106 Å². The lowest BCUT2D eigenvalue weighted by Crippen LogP contribution is -2.23. The first-order valence-corrected chi connectivity index (χ1v) is 6.07. The lowest BCUT2D eigenvalue weighted by Gasteiger charge is -2.15. The van der Waals surface area contributed by atoms with Gasteiger partial charge in [-0.3, -0.25) is 9.97 Å². The van der Waals surface area contributed by atoms with E-state index in [1.54, 1.807) is 6.20 Å². The van der Waals surface area contributed by atoms with Crippen molar-refractivity contribution in [3.05, 3.63) is 48.5 Å². The van der Waals surface area contributed by atoms with Crippen LogP contribution in [0.3, 0.4) is 0 Å². The van der Waals surface area contributed by atoms with Gasteiger partial charge in [0.15, 0.2) is 0 Å². The Kier molecular flexibility index (Phi) is 3.04. The molecule has 18 heavy (non-hydrogen) atoms. The van der Waals surface area contributed by atoms with E-state index >= 15 is 0 Å². The Hall–Kier alpha value is -1.78. The van der Waals surface area contributed by atoms with Crippen molar-refractivity contribution in [2.75, 3.05) is 6.61 Å². The maximum Gasteiger partial charge on any atom is 0.0991 e. The molecule has 4 heteroatoms. The summed E-state index contributed by atoms with van der Waals surface area (Å²) in [5.74, 6) is 0. The Morgan fingerprint density at radius 3 is 2.78 bits per heavy atom. The van der Waals surface area contributed by atoms with E-state index in [1.807, 2.05) is 30.7 Å². The molecule has 2 aromatic rings. The van der Waals surface area contributed by atoms with Gasteiger partial charge in [-0.15, -0.1) is 0 Å². The predicted molar refractivity (Wildman–Crippen MR) is 68.8 cm³/mol. The third-order valence-electron chi connectivity index (χ3n) is 3.22. The number of hydrogen-bond donors (Lipinski definition) is 1. The number of nitrogens with two attached hydrogens (primary N) is 1. The molecule has 0 radical (unpaired) electrons. The van der Waals surface area contributed by atoms with Crippen LogP contribution in [-0.2, 0) is 4.74 Å². The van der Waals surface area contributed by atoms with Crippen LogP contribution in [0, 0.1) is 0 Å². The van der Waals surface area contributed by atoms with Crippen molar-refractivity contribution in [1.29, 1.82) is 0 Å². The number of ether oxygens (including phenoxy) is 1. The quantitative estimate of drug-likeness (QED) is 0.872. The molecule has 1 fully saturated rings. The van der Waals surface area contributed by atoms with Gasteiger partial charge in [-0.1, -0.05) is 6.07 Å². The monoisotopic (exact) mass is 241 g/mol. The zero-order chi connectivity index (χ0) is 12.4. The highest BCUT2D eigenvalue weighted by molar-refractivity contribution is 5.61. The van der Waals surface area contributed by atoms with Crippen molar-refractivity contribution in [3.63, 3.8) is 0 Å². The third-order valence-corrected chi connectivity index (χ3v) is 3.22. The molecule has 0 aliphatic carbocycles. The highest BCUT2D eigenvalue weighted by atomic mass is 16.5. The average Bonchev–Trinajstić information content (AvgIpc) is 2.86. The van der Waals surface area contributed by atoms with E-state index in [0.717, 1.165) is 29.7 Å². The zero-order valence-corrected chi connectivity index (χ0v) is 9.99. The Morgan fingerprint density at radius 2 is 2.06 bits per heavy atom. The van der Waals surface area contributed by atoms with Crippen molar-refractivity contribution >= 4 is 0 Å². The molecule has 1 saturated heterocycles. The second kappa shape index (κ2) is 4.84. The van der Waals surface area contributed by atoms with E-state index in [0.29, 0.717) is 0 Å². The van der Waals surface area contributed by atoms with Crippen LogP contribution in [0.2, 0.25) is 0 Å². The summed E-state index contributed by atoms with van der Waals surface area (Å²) in [5, 5.41) is 0. The molecule has 0 unspecified atom stereocenters. The summed E-state index contributed by atoms with van der Waals surface area (Å²) in [6.07, 6.45) is 8.13. The first kappa shape index (κ1) is 11.3. The summed E-state index contributed by atoms with van der Waals surface area (Å²) >= 11 is 0. The number of hydrogen-bond acceptors (Lipinski definition) is 4. The summed E-state index contributed by atoms with van der Waals surface area (Å²) in [6, 6.07) is 6.08. The van der Waals surface area contributed by atoms with Gasteiger partial charge in [-0.2, -0.15) is 0 Å². The molecule has 2 atom stereocenters. The SMILES string of the molecule is N[C@@H]1CCO[C@H]1c1cncc(-c2cccnc2)c1. The summed E-state index contributed by atoms with van der Waals surface area (Å²) in [5.41, 5.74) is 9.18. The molecular weight excluding hydrogens is 226 g/mol. The minimum Gasteiger partial charge on any atom is -0.372 e. The van der Waals surface area contributed by atoms with Crippen molar-refractivity contribution in [2.45, 2.75) is 18.6 Å². The minimum atomic E-state index is -0.0332. The molecule has 3 rings (SSSR count). The summed E-state index contributed by atoms with van der Waals surface area (Å²) in [7, 11) is 0. The molecule has 0 amide bonds. The molecule has 3 heterocycles. The van der Waals surface area contributed by atoms with Gasteiger partial charge >= 0.3 is 0 Å². The van der Waals surface area contributed by atoms with E-state index in [-0.39, 0.29) is 12.1 Å². The van der Waals surface area contributed by atoms with Gasteiger partial charge in [0.2, 0.25) is 0 Å². The Balaban J connectivity index is 1.94. The molecule has 0 bridgehead atoms. The minimum absolute atomic E-state index is 0.0332. The van der Waals surface area contributed by atoms with Crippen LogP contribution in [0.15, 0.2) is 43.0 Å². The smallest absolute Gasteiger partial charge is 0.0991 e. The van der Waals surface area contributed by atoms with E-state index < -0.39 is 0 Å². The zero-order valence-electron chi connectivity index (χ0n) is 9.99. The average molecular weight is 241 g/mol. The van der Waals surface area contributed by atoms with Gasteiger partial charge < -0.3 is 10.5 Å². The molecule has 0 spiro atoms. The highest BCUT2D eigenvalue weighted by Crippen LogP contribution is 2.29. The van der Waals surface area contributed by atoms with Crippen molar-refractivity contribution in [2.24, 2.45) is 5.73 Å². The summed E-state index contributed by atoms with van der Waals surface area (Å²) < 4.78 is 5.66. The highest BCUT2D eigenvalue weighted by Gasteiger charge is 2.26. The standard InChI is InChI=1S/C14H15N3O/c15-13-3-5-18-14(13)12-6-11(8-17-9-12)10-2-1-4-16-7-10/h1-2,4,6-9,13-14H,3,5,15H2/t13-,14+/m1/s1. The molecule has 4 nitrogen and oxygen atoms in total. The number of pyridine rings is 2. The number of nitrogens with zero attached hydrogens (tertiary/aromatic N) is 2. The van der Waals surface area contributed by atoms with E-state index in [2.05, 4.69) is 16.0 Å². The van der Waals surface area contributed by atoms with Crippen LogP contribution in [0.4, 0.5) is 0 Å². The van der Waals surface area contributed by atoms with Gasteiger partial charge in [-0.25, -0.2) is 0 Å². The third kappa shape index (κ3) is 2.12. The summed E-state index contributed by atoms with van der Waals surface area (Å²) in [4.78, 5) is 8.40. The van der Waals surface area contributed by atoms with Gasteiger partial charge in [-0.05, 0) is 18.6 Å². The van der Waals surface area contributed by atoms with Gasteiger partial charge in [0.05, 0.1) is 6.10 Å². The van der Waals surface area contributed by atoms with Crippen LogP contribution in [-0.4, -0.2) is 22.6 Å². The van der Waals surface area contributed by atoms with Crippen LogP contribution < -0.4 is 5.73 Å². The molecule has 0 saturated carbocycles. The Bertz CT molecular complexity index is 530. The van der Waals surface area contributed by atoms with Crippen LogP contribution in [0.1, 0.15) is 18.1 Å². The van der Waals surface area contributed by atoms with E-state index in [4.69, 9.17) is 10.5 Å². The predicted octanol–water partition coefficient (Wildman–Crippen LogP) is 1.93. The molecule has 2 aromatic heterocycles. The van der Waals surface area contributed by atoms with Crippen LogP contribution in [0.25, 0.3) is 11.1 Å². The normalized spacial score (nSPS) is 23.2. The first-order chi connectivity index (χ1) is 8.84. The fourth-order valence-corrected chi connectivity index (χ4v) is 2.25. The van der Waals surface area contributed by atoms with Crippen molar-refractivity contribution < 1.29 is 4.74 Å². The molecule has 2 N–H and O–H groups in total. The lowest BCUT2D eigenvalue weighted by molar-refractivity contribution is 0.105. The second-order valence-corrected chi connectivity index (χ2v) is 4.49. The first-order valence-electron chi connectivity index (χ1n) is 6.07. The molecule has 92 valence electrons. The van der Waals surface area contributed by atoms with Crippen molar-refractivity contribution in [3.8, 4) is 11.1 Å². The Morgan fingerprint density at radius 1 is 1.17 bits per heavy atom. The number of aromatic nitrogens is 2. The van der Waals surface area contributed by atoms with E-state index in [1.165, 1.54) is 0 Å². The molecule has 1 aliphatic rings. The van der Waals surface area contributed by atoms with Crippen molar-refractivity contribution in [1.82, 2.24) is 9.97 Å². The largest absolute Gasteiger partial charge is 0.372 e. The molecule has 1 aliphatic heterocycles. The molecule has 0 aromatic carbocycles. The van der Waals surface area contributed by atoms with E-state index in [9.17, 15) is 0 Å². The number of rotatable bonds is 2. The maximum atomic E-state index is 6.03. The fraction of sp³-hybridized carbons (Fsp3) is 0.286. The lowest BCUT2D eigenvalue weighted by atomic mass is 10.0. The van der Waals surface area contributed by atoms with Gasteiger partial charge in [0, 0.05) is 54.1 Å². The second-order valence-electron chi connectivity index (χ2n) is 4.49. The molecular formula is C14H15N3O. The maximum absolute atomic E-state index is 6.03. The van der Waals surface area contributed by atoms with Gasteiger partial charge in [0.1, 0.15) is 0 Å².